The minimum Gasteiger partial charge on any atom is -0.312 e. The maximum Gasteiger partial charge on any atom is 0.367 e. The quantitative estimate of drug-likeness (QED) is 0.520. The highest BCUT2D eigenvalue weighted by Gasteiger charge is 2.30. The number of rotatable bonds is 1. The number of nitrogens with zero attached hydrogens (tertiary/aromatic N) is 1. The fraction of sp³-hybridized carbons (Fsp3) is 0.750. The molecule has 1 saturated carbocycles. The SMILES string of the molecule is C/C=C1\C(=O)ON=C1C1CCCCCCCCCC1. The first-order valence-corrected chi connectivity index (χ1v) is 7.79. The van der Waals surface area contributed by atoms with Gasteiger partial charge in [0.1, 0.15) is 0 Å². The highest BCUT2D eigenvalue weighted by Crippen LogP contribution is 2.27. The van der Waals surface area contributed by atoms with E-state index in [1.807, 2.05) is 13.0 Å². The van der Waals surface area contributed by atoms with Crippen LogP contribution in [0.15, 0.2) is 16.8 Å². The van der Waals surface area contributed by atoms with Gasteiger partial charge in [-0.15, -0.1) is 0 Å². The van der Waals surface area contributed by atoms with E-state index in [4.69, 9.17) is 4.84 Å². The van der Waals surface area contributed by atoms with Crippen LogP contribution in [0.25, 0.3) is 0 Å². The van der Waals surface area contributed by atoms with Crippen LogP contribution in [0.2, 0.25) is 0 Å². The summed E-state index contributed by atoms with van der Waals surface area (Å²) < 4.78 is 0. The summed E-state index contributed by atoms with van der Waals surface area (Å²) in [5, 5.41) is 4.04. The second kappa shape index (κ2) is 7.46. The average molecular weight is 263 g/mol. The highest BCUT2D eigenvalue weighted by atomic mass is 16.7. The molecule has 0 atom stereocenters. The Morgan fingerprint density at radius 1 is 1.00 bits per heavy atom. The molecule has 0 N–H and O–H groups in total. The molecule has 3 nitrogen and oxygen atoms in total. The zero-order valence-electron chi connectivity index (χ0n) is 12.0. The normalized spacial score (nSPS) is 25.8. The fourth-order valence-corrected chi connectivity index (χ4v) is 3.11. The Labute approximate surface area is 116 Å². The molecule has 19 heavy (non-hydrogen) atoms. The topological polar surface area (TPSA) is 38.7 Å². The van der Waals surface area contributed by atoms with E-state index >= 15 is 0 Å². The Balaban J connectivity index is 2.00. The number of hydrogen-bond acceptors (Lipinski definition) is 3. The number of oxime groups is 1. The summed E-state index contributed by atoms with van der Waals surface area (Å²) in [6.07, 6.45) is 14.7. The lowest BCUT2D eigenvalue weighted by Crippen LogP contribution is -2.17. The van der Waals surface area contributed by atoms with Crippen LogP contribution in [0.3, 0.4) is 0 Å². The van der Waals surface area contributed by atoms with E-state index in [0.717, 1.165) is 18.6 Å². The van der Waals surface area contributed by atoms with Crippen molar-refractivity contribution in [2.45, 2.75) is 71.1 Å². The maximum absolute atomic E-state index is 11.6. The molecule has 3 heteroatoms. The van der Waals surface area contributed by atoms with Gasteiger partial charge in [-0.25, -0.2) is 4.79 Å². The number of carbonyl (C=O) groups excluding carboxylic acids is 1. The number of carbonyl (C=O) groups is 1. The van der Waals surface area contributed by atoms with Gasteiger partial charge in [0.15, 0.2) is 0 Å². The van der Waals surface area contributed by atoms with Crippen molar-refractivity contribution in [1.29, 1.82) is 0 Å². The summed E-state index contributed by atoms with van der Waals surface area (Å²) in [7, 11) is 0. The fourth-order valence-electron chi connectivity index (χ4n) is 3.11. The monoisotopic (exact) mass is 263 g/mol. The Kier molecular flexibility index (Phi) is 5.62. The van der Waals surface area contributed by atoms with Gasteiger partial charge in [0.25, 0.3) is 0 Å². The van der Waals surface area contributed by atoms with E-state index in [1.54, 1.807) is 0 Å². The molecule has 0 spiro atoms. The molecule has 1 fully saturated rings. The lowest BCUT2D eigenvalue weighted by Gasteiger charge is -2.15. The first kappa shape index (κ1) is 14.3. The van der Waals surface area contributed by atoms with Gasteiger partial charge in [-0.2, -0.15) is 0 Å². The van der Waals surface area contributed by atoms with Gasteiger partial charge in [-0.05, 0) is 19.8 Å². The molecule has 2 rings (SSSR count). The van der Waals surface area contributed by atoms with Crippen LogP contribution < -0.4 is 0 Å². The van der Waals surface area contributed by atoms with Gasteiger partial charge >= 0.3 is 5.97 Å². The van der Waals surface area contributed by atoms with Crippen LogP contribution in [0.1, 0.15) is 71.1 Å². The molecule has 0 saturated heterocycles. The van der Waals surface area contributed by atoms with Gasteiger partial charge in [0.05, 0.1) is 11.3 Å². The van der Waals surface area contributed by atoms with Crippen molar-refractivity contribution in [2.24, 2.45) is 11.1 Å². The Bertz CT molecular complexity index is 359. The molecular weight excluding hydrogens is 238 g/mol. The minimum atomic E-state index is -0.271. The summed E-state index contributed by atoms with van der Waals surface area (Å²) in [5.74, 6) is 0.141. The second-order valence-electron chi connectivity index (χ2n) is 5.66. The van der Waals surface area contributed by atoms with Gasteiger partial charge in [-0.1, -0.05) is 62.6 Å². The molecule has 0 radical (unpaired) electrons. The molecule has 2 aliphatic rings. The van der Waals surface area contributed by atoms with Crippen molar-refractivity contribution in [1.82, 2.24) is 0 Å². The lowest BCUT2D eigenvalue weighted by molar-refractivity contribution is -0.136. The summed E-state index contributed by atoms with van der Waals surface area (Å²) in [6.45, 7) is 1.89. The summed E-state index contributed by atoms with van der Waals surface area (Å²) in [4.78, 5) is 16.4. The molecule has 0 aromatic carbocycles. The van der Waals surface area contributed by atoms with Crippen molar-refractivity contribution >= 4 is 11.7 Å². The van der Waals surface area contributed by atoms with Gasteiger partial charge < -0.3 is 4.84 Å². The van der Waals surface area contributed by atoms with E-state index in [1.165, 1.54) is 51.4 Å². The molecular formula is C16H25NO2. The third-order valence-corrected chi connectivity index (χ3v) is 4.25. The molecule has 106 valence electrons. The van der Waals surface area contributed by atoms with Crippen LogP contribution in [0, 0.1) is 5.92 Å². The van der Waals surface area contributed by atoms with Crippen molar-refractivity contribution in [3.63, 3.8) is 0 Å². The smallest absolute Gasteiger partial charge is 0.312 e. The van der Waals surface area contributed by atoms with E-state index in [-0.39, 0.29) is 5.97 Å². The Morgan fingerprint density at radius 3 is 2.05 bits per heavy atom. The van der Waals surface area contributed by atoms with Crippen LogP contribution in [0.4, 0.5) is 0 Å². The predicted molar refractivity (Wildman–Crippen MR) is 76.9 cm³/mol. The van der Waals surface area contributed by atoms with Gasteiger partial charge in [0.2, 0.25) is 0 Å². The Hall–Kier alpha value is -1.12. The summed E-state index contributed by atoms with van der Waals surface area (Å²) in [6, 6.07) is 0. The molecule has 1 aliphatic carbocycles. The van der Waals surface area contributed by atoms with E-state index in [9.17, 15) is 4.79 Å². The molecule has 1 aliphatic heterocycles. The molecule has 0 unspecified atom stereocenters. The van der Waals surface area contributed by atoms with Gasteiger partial charge in [-0.3, -0.25) is 0 Å². The maximum atomic E-state index is 11.6. The highest BCUT2D eigenvalue weighted by molar-refractivity contribution is 6.22. The third kappa shape index (κ3) is 3.92. The first-order chi connectivity index (χ1) is 9.33. The standard InChI is InChI=1S/C16H25NO2/c1-2-14-15(17-19-16(14)18)13-11-9-7-5-3-4-6-8-10-12-13/h2,13H,3-12H2,1H3/b14-2-. The van der Waals surface area contributed by atoms with Crippen LogP contribution in [-0.4, -0.2) is 11.7 Å². The van der Waals surface area contributed by atoms with Crippen LogP contribution in [0.5, 0.6) is 0 Å². The summed E-state index contributed by atoms with van der Waals surface area (Å²) in [5.41, 5.74) is 1.60. The van der Waals surface area contributed by atoms with Crippen molar-refractivity contribution in [2.75, 3.05) is 0 Å². The largest absolute Gasteiger partial charge is 0.367 e. The summed E-state index contributed by atoms with van der Waals surface area (Å²) >= 11 is 0. The molecule has 0 aromatic rings. The lowest BCUT2D eigenvalue weighted by atomic mass is 9.87. The first-order valence-electron chi connectivity index (χ1n) is 7.79. The van der Waals surface area contributed by atoms with Gasteiger partial charge in [0, 0.05) is 5.92 Å². The van der Waals surface area contributed by atoms with Crippen LogP contribution in [-0.2, 0) is 9.63 Å². The number of hydrogen-bond donors (Lipinski definition) is 0. The van der Waals surface area contributed by atoms with Crippen molar-refractivity contribution < 1.29 is 9.63 Å². The molecule has 0 bridgehead atoms. The van der Waals surface area contributed by atoms with Crippen LogP contribution >= 0.6 is 0 Å². The van der Waals surface area contributed by atoms with Crippen molar-refractivity contribution in [3.05, 3.63) is 11.6 Å². The zero-order chi connectivity index (χ0) is 13.5. The molecule has 1 heterocycles. The predicted octanol–water partition coefficient (Wildman–Crippen LogP) is 4.38. The zero-order valence-corrected chi connectivity index (χ0v) is 12.0. The van der Waals surface area contributed by atoms with E-state index in [0.29, 0.717) is 11.5 Å². The number of allylic oxidation sites excluding steroid dienone is 1. The molecule has 0 aromatic heterocycles. The second-order valence-corrected chi connectivity index (χ2v) is 5.66. The molecule has 0 amide bonds. The van der Waals surface area contributed by atoms with Crippen molar-refractivity contribution in [3.8, 4) is 0 Å². The van der Waals surface area contributed by atoms with E-state index in [2.05, 4.69) is 5.16 Å². The minimum absolute atomic E-state index is 0.271. The third-order valence-electron chi connectivity index (χ3n) is 4.25. The Morgan fingerprint density at radius 2 is 1.53 bits per heavy atom. The van der Waals surface area contributed by atoms with E-state index < -0.39 is 0 Å². The average Bonchev–Trinajstić information content (AvgIpc) is 2.75.